The van der Waals surface area contributed by atoms with E-state index in [1.165, 1.54) is 0 Å². The maximum atomic E-state index is 11.1. The van der Waals surface area contributed by atoms with Gasteiger partial charge in [0.2, 0.25) is 0 Å². The maximum absolute atomic E-state index is 11.1. The molecule has 0 saturated heterocycles. The SMILES string of the molecule is C[SH](N)CSF. The van der Waals surface area contributed by atoms with Crippen LogP contribution in [0, 0.1) is 0 Å². The Kier molecular flexibility index (Phi) is 4.14. The standard InChI is InChI=1S/C2H8FNS2/c1-6(4)2-5-3/h6H,2,4H2,1H3. The minimum atomic E-state index is -0.513. The lowest BCUT2D eigenvalue weighted by atomic mass is 11.9. The van der Waals surface area contributed by atoms with Crippen molar-refractivity contribution in [3.63, 3.8) is 0 Å². The highest BCUT2D eigenvalue weighted by atomic mass is 32.3. The second-order valence-electron chi connectivity index (χ2n) is 0.995. The van der Waals surface area contributed by atoms with Crippen LogP contribution >= 0.6 is 23.2 Å². The van der Waals surface area contributed by atoms with E-state index in [1.807, 2.05) is 6.26 Å². The summed E-state index contributed by atoms with van der Waals surface area (Å²) < 4.78 is 11.1. The summed E-state index contributed by atoms with van der Waals surface area (Å²) in [4.78, 5) is 0. The molecular formula is C2H8FNS2. The summed E-state index contributed by atoms with van der Waals surface area (Å²) in [5, 5.41) is 5.67. The van der Waals surface area contributed by atoms with Crippen molar-refractivity contribution in [1.82, 2.24) is 0 Å². The first-order valence-electron chi connectivity index (χ1n) is 1.46. The van der Waals surface area contributed by atoms with Crippen molar-refractivity contribution in [1.29, 1.82) is 0 Å². The molecule has 0 aliphatic rings. The Balaban J connectivity index is 2.63. The van der Waals surface area contributed by atoms with Gasteiger partial charge in [-0.15, -0.1) is 0 Å². The molecule has 0 rings (SSSR count). The minimum Gasteiger partial charge on any atom is -0.296 e. The molecule has 0 aromatic carbocycles. The van der Waals surface area contributed by atoms with Crippen molar-refractivity contribution < 1.29 is 3.89 Å². The maximum Gasteiger partial charge on any atom is 0.0636 e. The highest BCUT2D eigenvalue weighted by Gasteiger charge is 1.83. The third-order valence-electron chi connectivity index (χ3n) is 0.252. The fourth-order valence-electron chi connectivity index (χ4n) is 0.0770. The summed E-state index contributed by atoms with van der Waals surface area (Å²) in [6, 6.07) is 0. The largest absolute Gasteiger partial charge is 0.296 e. The molecule has 1 nitrogen and oxygen atoms in total. The van der Waals surface area contributed by atoms with Crippen molar-refractivity contribution in [2.45, 2.75) is 0 Å². The van der Waals surface area contributed by atoms with E-state index in [9.17, 15) is 3.89 Å². The highest BCUT2D eigenvalue weighted by molar-refractivity contribution is 8.23. The van der Waals surface area contributed by atoms with Gasteiger partial charge in [-0.2, -0.15) is 15.0 Å². The van der Waals surface area contributed by atoms with Crippen LogP contribution in [0.3, 0.4) is 0 Å². The number of nitrogens with two attached hydrogens (primary N) is 1. The Bertz CT molecular complexity index is 32.7. The summed E-state index contributed by atoms with van der Waals surface area (Å²) in [6.07, 6.45) is 1.84. The summed E-state index contributed by atoms with van der Waals surface area (Å²) in [7, 11) is 0. The highest BCUT2D eigenvalue weighted by Crippen LogP contribution is 2.16. The first-order chi connectivity index (χ1) is 2.77. The van der Waals surface area contributed by atoms with Gasteiger partial charge in [0, 0.05) is 0 Å². The molecule has 0 bridgehead atoms. The number of halogens is 1. The number of hydrogen-bond donors (Lipinski definition) is 2. The number of rotatable bonds is 2. The molecule has 2 N–H and O–H groups in total. The Morgan fingerprint density at radius 2 is 2.50 bits per heavy atom. The van der Waals surface area contributed by atoms with Crippen molar-refractivity contribution in [2.75, 3.05) is 11.3 Å². The molecule has 40 valence electrons. The van der Waals surface area contributed by atoms with Crippen LogP contribution in [-0.4, -0.2) is 11.3 Å². The second-order valence-corrected chi connectivity index (χ2v) is 3.76. The first kappa shape index (κ1) is 6.59. The van der Waals surface area contributed by atoms with Crippen LogP contribution in [0.1, 0.15) is 0 Å². The van der Waals surface area contributed by atoms with Crippen LogP contribution in [0.25, 0.3) is 0 Å². The molecule has 0 saturated carbocycles. The zero-order chi connectivity index (χ0) is 4.99. The van der Waals surface area contributed by atoms with Gasteiger partial charge in [-0.25, -0.2) is 0 Å². The predicted molar refractivity (Wildman–Crippen MR) is 32.7 cm³/mol. The fraction of sp³-hybridized carbons (Fsp3) is 1.00. The average molecular weight is 129 g/mol. The zero-order valence-electron chi connectivity index (χ0n) is 3.52. The lowest BCUT2D eigenvalue weighted by molar-refractivity contribution is 0.942. The summed E-state index contributed by atoms with van der Waals surface area (Å²) >= 11 is -0.199. The van der Waals surface area contributed by atoms with Gasteiger partial charge in [-0.1, -0.05) is 0 Å². The molecule has 0 radical (unpaired) electrons. The van der Waals surface area contributed by atoms with Crippen LogP contribution in [0.15, 0.2) is 0 Å². The van der Waals surface area contributed by atoms with Crippen LogP contribution in [-0.2, 0) is 0 Å². The topological polar surface area (TPSA) is 26.0 Å². The normalized spacial score (nSPS) is 17.5. The molecule has 0 spiro atoms. The molecule has 0 fully saturated rings. The average Bonchev–Trinajstić information content (AvgIpc) is 1.35. The van der Waals surface area contributed by atoms with Gasteiger partial charge in [0.25, 0.3) is 0 Å². The molecule has 0 aromatic rings. The van der Waals surface area contributed by atoms with E-state index in [0.29, 0.717) is 17.2 Å². The molecule has 0 aromatic heterocycles. The minimum absolute atomic E-state index is 0.314. The van der Waals surface area contributed by atoms with Crippen molar-refractivity contribution >= 4 is 23.2 Å². The zero-order valence-corrected chi connectivity index (χ0v) is 5.23. The lowest BCUT2D eigenvalue weighted by Gasteiger charge is -2.00. The van der Waals surface area contributed by atoms with Crippen LogP contribution < -0.4 is 5.14 Å². The first-order valence-corrected chi connectivity index (χ1v) is 4.39. The Morgan fingerprint density at radius 3 is 2.50 bits per heavy atom. The fourth-order valence-corrected chi connectivity index (χ4v) is 0.693. The van der Waals surface area contributed by atoms with Crippen molar-refractivity contribution in [3.05, 3.63) is 0 Å². The predicted octanol–water partition coefficient (Wildman–Crippen LogP) is 1.07. The van der Waals surface area contributed by atoms with Crippen molar-refractivity contribution in [3.8, 4) is 0 Å². The third kappa shape index (κ3) is 4.59. The van der Waals surface area contributed by atoms with E-state index < -0.39 is 11.1 Å². The molecule has 0 amide bonds. The Labute approximate surface area is 44.3 Å². The molecular weight excluding hydrogens is 121 g/mol. The van der Waals surface area contributed by atoms with E-state index in [-0.39, 0.29) is 0 Å². The van der Waals surface area contributed by atoms with Crippen molar-refractivity contribution in [2.24, 2.45) is 5.14 Å². The van der Waals surface area contributed by atoms with E-state index >= 15 is 0 Å². The van der Waals surface area contributed by atoms with E-state index in [1.54, 1.807) is 0 Å². The van der Waals surface area contributed by atoms with Gasteiger partial charge >= 0.3 is 0 Å². The molecule has 6 heavy (non-hydrogen) atoms. The molecule has 4 heteroatoms. The molecule has 0 heterocycles. The molecule has 1 unspecified atom stereocenters. The summed E-state index contributed by atoms with van der Waals surface area (Å²) in [6.45, 7) is 0. The van der Waals surface area contributed by atoms with Gasteiger partial charge in [0.1, 0.15) is 0 Å². The van der Waals surface area contributed by atoms with E-state index in [2.05, 4.69) is 0 Å². The molecule has 0 aliphatic heterocycles. The quantitative estimate of drug-likeness (QED) is 0.545. The van der Waals surface area contributed by atoms with E-state index in [4.69, 9.17) is 5.14 Å². The third-order valence-corrected chi connectivity index (χ3v) is 2.27. The summed E-state index contributed by atoms with van der Waals surface area (Å²) in [5.41, 5.74) is 0. The van der Waals surface area contributed by atoms with Gasteiger partial charge in [-0.05, 0) is 6.26 Å². The van der Waals surface area contributed by atoms with Gasteiger partial charge < -0.3 is 0 Å². The molecule has 0 aliphatic carbocycles. The Hall–Kier alpha value is 0.590. The smallest absolute Gasteiger partial charge is 0.0636 e. The Morgan fingerprint density at radius 1 is 2.00 bits per heavy atom. The summed E-state index contributed by atoms with van der Waals surface area (Å²) in [5.74, 6) is 0. The van der Waals surface area contributed by atoms with Gasteiger partial charge in [0.05, 0.1) is 17.2 Å². The lowest BCUT2D eigenvalue weighted by Crippen LogP contribution is -1.90. The van der Waals surface area contributed by atoms with Gasteiger partial charge in [0.15, 0.2) is 0 Å². The van der Waals surface area contributed by atoms with Crippen LogP contribution in [0.4, 0.5) is 3.89 Å². The number of thiol groups is 1. The van der Waals surface area contributed by atoms with Crippen LogP contribution in [0.5, 0.6) is 0 Å². The van der Waals surface area contributed by atoms with Crippen LogP contribution in [0.2, 0.25) is 0 Å². The van der Waals surface area contributed by atoms with E-state index in [0.717, 1.165) is 0 Å². The molecule has 1 atom stereocenters. The number of hydrogen-bond acceptors (Lipinski definition) is 2. The van der Waals surface area contributed by atoms with Gasteiger partial charge in [-0.3, -0.25) is 5.14 Å². The second kappa shape index (κ2) is 3.77. The monoisotopic (exact) mass is 129 g/mol.